The monoisotopic (exact) mass is 349 g/mol. The molecule has 0 aromatic heterocycles. The highest BCUT2D eigenvalue weighted by Crippen LogP contribution is 2.36. The number of amidine groups is 1. The van der Waals surface area contributed by atoms with Gasteiger partial charge in [0.1, 0.15) is 0 Å². The summed E-state index contributed by atoms with van der Waals surface area (Å²) in [7, 11) is 0. The zero-order chi connectivity index (χ0) is 17.3. The molecule has 0 amide bonds. The summed E-state index contributed by atoms with van der Waals surface area (Å²) in [6.07, 6.45) is 4.33. The van der Waals surface area contributed by atoms with E-state index in [1.54, 1.807) is 23.9 Å². The first-order chi connectivity index (χ1) is 11.5. The largest absolute Gasteiger partial charge is 0.391 e. The maximum Gasteiger partial charge on any atom is 0.269 e. The summed E-state index contributed by atoms with van der Waals surface area (Å²) in [5, 5.41) is 22.0. The van der Waals surface area contributed by atoms with Crippen molar-refractivity contribution in [2.24, 2.45) is 4.99 Å². The van der Waals surface area contributed by atoms with Crippen molar-refractivity contribution in [2.75, 3.05) is 5.75 Å². The molecule has 2 aliphatic rings. The first-order valence-corrected chi connectivity index (χ1v) is 9.39. The van der Waals surface area contributed by atoms with E-state index in [1.165, 1.54) is 18.9 Å². The standard InChI is InChI=1S/C17H23N3O3S/c1-11-9-14(20(22)23)7-8-15(11)18-17-19(13-5-3-4-6-13)16(10-24-17)12(2)21/h7-9,12-13,16,21H,3-6,10H2,1-2H3. The lowest BCUT2D eigenvalue weighted by Gasteiger charge is -2.33. The summed E-state index contributed by atoms with van der Waals surface area (Å²) in [6.45, 7) is 3.69. The van der Waals surface area contributed by atoms with Crippen molar-refractivity contribution in [2.45, 2.75) is 57.7 Å². The molecule has 1 aromatic rings. The maximum absolute atomic E-state index is 10.9. The van der Waals surface area contributed by atoms with Gasteiger partial charge in [-0.1, -0.05) is 24.6 Å². The summed E-state index contributed by atoms with van der Waals surface area (Å²) in [4.78, 5) is 17.6. The second-order valence-electron chi connectivity index (χ2n) is 6.59. The van der Waals surface area contributed by atoms with Crippen molar-refractivity contribution in [3.63, 3.8) is 0 Å². The van der Waals surface area contributed by atoms with Gasteiger partial charge in [0.05, 0.1) is 22.8 Å². The van der Waals surface area contributed by atoms with Crippen molar-refractivity contribution < 1.29 is 10.0 Å². The molecule has 1 N–H and O–H groups in total. The van der Waals surface area contributed by atoms with Crippen LogP contribution in [0.15, 0.2) is 23.2 Å². The fourth-order valence-electron chi connectivity index (χ4n) is 3.51. The molecule has 0 spiro atoms. The molecule has 1 aliphatic carbocycles. The van der Waals surface area contributed by atoms with Crippen LogP contribution in [0.5, 0.6) is 0 Å². The van der Waals surface area contributed by atoms with Gasteiger partial charge < -0.3 is 10.0 Å². The Morgan fingerprint density at radius 3 is 2.71 bits per heavy atom. The molecule has 1 saturated heterocycles. The highest BCUT2D eigenvalue weighted by atomic mass is 32.2. The van der Waals surface area contributed by atoms with Gasteiger partial charge in [-0.05, 0) is 38.3 Å². The summed E-state index contributed by atoms with van der Waals surface area (Å²) in [5.41, 5.74) is 1.64. The minimum Gasteiger partial charge on any atom is -0.391 e. The van der Waals surface area contributed by atoms with Gasteiger partial charge >= 0.3 is 0 Å². The Labute approximate surface area is 146 Å². The minimum absolute atomic E-state index is 0.0880. The lowest BCUT2D eigenvalue weighted by molar-refractivity contribution is -0.384. The van der Waals surface area contributed by atoms with Crippen LogP contribution in [-0.4, -0.2) is 44.0 Å². The Kier molecular flexibility index (Phi) is 5.10. The molecule has 2 unspecified atom stereocenters. The Balaban J connectivity index is 1.91. The molecule has 1 saturated carbocycles. The molecule has 2 fully saturated rings. The zero-order valence-corrected chi connectivity index (χ0v) is 14.8. The number of nitro benzene ring substituents is 1. The molecule has 0 bridgehead atoms. The summed E-state index contributed by atoms with van der Waals surface area (Å²) >= 11 is 1.67. The lowest BCUT2D eigenvalue weighted by Crippen LogP contribution is -2.46. The van der Waals surface area contributed by atoms with Gasteiger partial charge in [-0.15, -0.1) is 0 Å². The van der Waals surface area contributed by atoms with Crippen LogP contribution in [0, 0.1) is 17.0 Å². The molecule has 3 rings (SSSR count). The van der Waals surface area contributed by atoms with E-state index in [0.717, 1.165) is 35.0 Å². The lowest BCUT2D eigenvalue weighted by atomic mass is 10.1. The molecule has 130 valence electrons. The molecule has 1 aliphatic heterocycles. The van der Waals surface area contributed by atoms with Gasteiger partial charge in [-0.25, -0.2) is 4.99 Å². The highest BCUT2D eigenvalue weighted by molar-refractivity contribution is 8.14. The van der Waals surface area contributed by atoms with Crippen LogP contribution < -0.4 is 0 Å². The van der Waals surface area contributed by atoms with E-state index in [0.29, 0.717) is 6.04 Å². The minimum atomic E-state index is -0.399. The molecule has 0 radical (unpaired) electrons. The molecule has 6 nitrogen and oxygen atoms in total. The third-order valence-electron chi connectivity index (χ3n) is 4.84. The normalized spacial score (nSPS) is 24.7. The zero-order valence-electron chi connectivity index (χ0n) is 14.0. The predicted molar refractivity (Wildman–Crippen MR) is 97.0 cm³/mol. The van der Waals surface area contributed by atoms with Crippen LogP contribution >= 0.6 is 11.8 Å². The highest BCUT2D eigenvalue weighted by Gasteiger charge is 2.38. The van der Waals surface area contributed by atoms with Crippen LogP contribution in [0.1, 0.15) is 38.2 Å². The maximum atomic E-state index is 10.9. The quantitative estimate of drug-likeness (QED) is 0.663. The van der Waals surface area contributed by atoms with E-state index in [-0.39, 0.29) is 16.7 Å². The van der Waals surface area contributed by atoms with Crippen LogP contribution in [0.25, 0.3) is 0 Å². The van der Waals surface area contributed by atoms with Gasteiger partial charge in [-0.3, -0.25) is 10.1 Å². The molecular weight excluding hydrogens is 326 g/mol. The Bertz CT molecular complexity index is 656. The number of thioether (sulfide) groups is 1. The number of hydrogen-bond acceptors (Lipinski definition) is 5. The first kappa shape index (κ1) is 17.2. The van der Waals surface area contributed by atoms with Crippen molar-refractivity contribution in [3.8, 4) is 0 Å². The fourth-order valence-corrected chi connectivity index (χ4v) is 4.86. The molecule has 1 aromatic carbocycles. The van der Waals surface area contributed by atoms with E-state index in [9.17, 15) is 15.2 Å². The Hall–Kier alpha value is -1.60. The number of aliphatic imine (C=N–C) groups is 1. The van der Waals surface area contributed by atoms with Crippen LogP contribution in [0.4, 0.5) is 11.4 Å². The number of nitrogens with zero attached hydrogens (tertiary/aromatic N) is 3. The van der Waals surface area contributed by atoms with E-state index in [2.05, 4.69) is 4.90 Å². The number of nitro groups is 1. The van der Waals surface area contributed by atoms with Crippen molar-refractivity contribution >= 4 is 28.3 Å². The predicted octanol–water partition coefficient (Wildman–Crippen LogP) is 3.63. The average molecular weight is 349 g/mol. The third kappa shape index (κ3) is 3.42. The van der Waals surface area contributed by atoms with Gasteiger partial charge in [0.25, 0.3) is 5.69 Å². The van der Waals surface area contributed by atoms with Gasteiger partial charge in [0.15, 0.2) is 5.17 Å². The van der Waals surface area contributed by atoms with E-state index < -0.39 is 6.10 Å². The van der Waals surface area contributed by atoms with Crippen LogP contribution in [-0.2, 0) is 0 Å². The topological polar surface area (TPSA) is 79.0 Å². The summed E-state index contributed by atoms with van der Waals surface area (Å²) < 4.78 is 0. The Morgan fingerprint density at radius 2 is 2.12 bits per heavy atom. The fraction of sp³-hybridized carbons (Fsp3) is 0.588. The number of non-ortho nitro benzene ring substituents is 1. The molecular formula is C17H23N3O3S. The number of rotatable bonds is 4. The summed E-state index contributed by atoms with van der Waals surface area (Å²) in [6, 6.07) is 5.30. The molecule has 1 heterocycles. The van der Waals surface area contributed by atoms with E-state index >= 15 is 0 Å². The van der Waals surface area contributed by atoms with Gasteiger partial charge in [0, 0.05) is 23.9 Å². The van der Waals surface area contributed by atoms with E-state index in [4.69, 9.17) is 4.99 Å². The second kappa shape index (κ2) is 7.11. The number of benzene rings is 1. The molecule has 7 heteroatoms. The third-order valence-corrected chi connectivity index (χ3v) is 5.91. The van der Waals surface area contributed by atoms with Crippen molar-refractivity contribution in [3.05, 3.63) is 33.9 Å². The van der Waals surface area contributed by atoms with Crippen LogP contribution in [0.2, 0.25) is 0 Å². The number of hydrogen-bond donors (Lipinski definition) is 1. The Morgan fingerprint density at radius 1 is 1.42 bits per heavy atom. The second-order valence-corrected chi connectivity index (χ2v) is 7.57. The summed E-state index contributed by atoms with van der Waals surface area (Å²) in [5.74, 6) is 0.832. The van der Waals surface area contributed by atoms with Crippen molar-refractivity contribution in [1.29, 1.82) is 0 Å². The van der Waals surface area contributed by atoms with E-state index in [1.807, 2.05) is 13.8 Å². The first-order valence-electron chi connectivity index (χ1n) is 8.40. The van der Waals surface area contributed by atoms with Crippen LogP contribution in [0.3, 0.4) is 0 Å². The average Bonchev–Trinajstić information content (AvgIpc) is 3.17. The van der Waals surface area contributed by atoms with Gasteiger partial charge in [0.2, 0.25) is 0 Å². The van der Waals surface area contributed by atoms with Gasteiger partial charge in [-0.2, -0.15) is 0 Å². The SMILES string of the molecule is Cc1cc([N+](=O)[O-])ccc1N=C1SCC(C(C)O)N1C1CCCC1. The molecule has 24 heavy (non-hydrogen) atoms. The van der Waals surface area contributed by atoms with Crippen molar-refractivity contribution in [1.82, 2.24) is 4.90 Å². The number of aliphatic hydroxyl groups excluding tert-OH is 1. The number of aliphatic hydroxyl groups is 1. The molecule has 2 atom stereocenters. The number of aryl methyl sites for hydroxylation is 1. The smallest absolute Gasteiger partial charge is 0.269 e.